The Balaban J connectivity index is 1.55. The molecule has 3 rings (SSSR count). The Morgan fingerprint density at radius 1 is 1.30 bits per heavy atom. The van der Waals surface area contributed by atoms with Crippen LogP contribution >= 0.6 is 0 Å². The number of nitrogens with one attached hydrogen (secondary N) is 3. The number of carbonyl (C=O) groups excluding carboxylic acids is 1. The first-order valence-corrected chi connectivity index (χ1v) is 6.76. The van der Waals surface area contributed by atoms with Crippen LogP contribution in [0.25, 0.3) is 0 Å². The standard InChI is InChI=1S/C14H13FN6O2/c15-10-3-1-2-4-12(10)23-7-9-5-11(20-19-9)14(22)16-6-13-17-8-18-21-13/h1-5,8H,6-7H2,(H,16,22)(H,19,20)(H,17,18,21). The minimum Gasteiger partial charge on any atom is -0.484 e. The van der Waals surface area contributed by atoms with E-state index in [1.165, 1.54) is 24.5 Å². The fourth-order valence-electron chi connectivity index (χ4n) is 1.84. The molecule has 0 unspecified atom stereocenters. The van der Waals surface area contributed by atoms with Gasteiger partial charge in [-0.05, 0) is 18.2 Å². The summed E-state index contributed by atoms with van der Waals surface area (Å²) in [6, 6.07) is 7.63. The van der Waals surface area contributed by atoms with E-state index in [0.29, 0.717) is 11.5 Å². The third-order valence-electron chi connectivity index (χ3n) is 2.96. The lowest BCUT2D eigenvalue weighted by atomic mass is 10.3. The highest BCUT2D eigenvalue weighted by molar-refractivity contribution is 5.92. The molecule has 118 valence electrons. The van der Waals surface area contributed by atoms with Gasteiger partial charge in [0.05, 0.1) is 12.2 Å². The largest absolute Gasteiger partial charge is 0.484 e. The second-order valence-corrected chi connectivity index (χ2v) is 4.61. The number of hydrogen-bond donors (Lipinski definition) is 3. The van der Waals surface area contributed by atoms with Crippen molar-refractivity contribution in [3.63, 3.8) is 0 Å². The molecule has 0 bridgehead atoms. The maximum atomic E-state index is 13.4. The first kappa shape index (κ1) is 14.7. The van der Waals surface area contributed by atoms with Gasteiger partial charge in [0.15, 0.2) is 11.6 Å². The van der Waals surface area contributed by atoms with Gasteiger partial charge in [-0.15, -0.1) is 0 Å². The van der Waals surface area contributed by atoms with Crippen LogP contribution in [0, 0.1) is 5.82 Å². The number of benzene rings is 1. The Kier molecular flexibility index (Phi) is 4.27. The number of aromatic nitrogens is 5. The van der Waals surface area contributed by atoms with Crippen LogP contribution in [0.1, 0.15) is 22.0 Å². The number of aromatic amines is 2. The second kappa shape index (κ2) is 6.69. The van der Waals surface area contributed by atoms with Crippen LogP contribution in [-0.4, -0.2) is 31.3 Å². The van der Waals surface area contributed by atoms with Gasteiger partial charge >= 0.3 is 0 Å². The SMILES string of the molecule is O=C(NCc1ncn[nH]1)c1cc(COc2ccccc2F)[nH]n1. The van der Waals surface area contributed by atoms with Crippen LogP contribution in [-0.2, 0) is 13.2 Å². The van der Waals surface area contributed by atoms with Gasteiger partial charge in [-0.3, -0.25) is 15.0 Å². The molecule has 0 radical (unpaired) electrons. The number of H-pyrrole nitrogens is 2. The fourth-order valence-corrected chi connectivity index (χ4v) is 1.84. The Hall–Kier alpha value is -3.23. The number of carbonyl (C=O) groups is 1. The van der Waals surface area contributed by atoms with Crippen molar-refractivity contribution in [3.05, 3.63) is 59.7 Å². The quantitative estimate of drug-likeness (QED) is 0.632. The molecular formula is C14H13FN6O2. The van der Waals surface area contributed by atoms with Gasteiger partial charge in [0.25, 0.3) is 5.91 Å². The summed E-state index contributed by atoms with van der Waals surface area (Å²) in [6.07, 6.45) is 1.36. The number of amides is 1. The zero-order valence-electron chi connectivity index (χ0n) is 11.9. The monoisotopic (exact) mass is 316 g/mol. The smallest absolute Gasteiger partial charge is 0.272 e. The third kappa shape index (κ3) is 3.70. The maximum Gasteiger partial charge on any atom is 0.272 e. The minimum absolute atomic E-state index is 0.0727. The molecule has 0 aliphatic heterocycles. The van der Waals surface area contributed by atoms with E-state index in [1.54, 1.807) is 12.1 Å². The summed E-state index contributed by atoms with van der Waals surface area (Å²) in [4.78, 5) is 15.8. The molecule has 2 heterocycles. The van der Waals surface area contributed by atoms with E-state index in [9.17, 15) is 9.18 Å². The summed E-state index contributed by atoms with van der Waals surface area (Å²) in [5, 5.41) is 15.5. The van der Waals surface area contributed by atoms with Crippen molar-refractivity contribution < 1.29 is 13.9 Å². The Morgan fingerprint density at radius 2 is 2.17 bits per heavy atom. The predicted molar refractivity (Wildman–Crippen MR) is 76.9 cm³/mol. The number of hydrogen-bond acceptors (Lipinski definition) is 5. The molecule has 0 aliphatic carbocycles. The van der Waals surface area contributed by atoms with Gasteiger partial charge in [-0.2, -0.15) is 10.2 Å². The summed E-state index contributed by atoms with van der Waals surface area (Å²) in [6.45, 7) is 0.288. The fraction of sp³-hybridized carbons (Fsp3) is 0.143. The van der Waals surface area contributed by atoms with Gasteiger partial charge in [-0.1, -0.05) is 12.1 Å². The first-order valence-electron chi connectivity index (χ1n) is 6.76. The van der Waals surface area contributed by atoms with Gasteiger partial charge in [-0.25, -0.2) is 9.37 Å². The van der Waals surface area contributed by atoms with E-state index in [2.05, 4.69) is 30.7 Å². The zero-order chi connectivity index (χ0) is 16.1. The Labute approximate surface area is 130 Å². The van der Waals surface area contributed by atoms with Crippen LogP contribution < -0.4 is 10.1 Å². The van der Waals surface area contributed by atoms with E-state index in [-0.39, 0.29) is 30.5 Å². The number of ether oxygens (including phenoxy) is 1. The normalized spacial score (nSPS) is 10.5. The van der Waals surface area contributed by atoms with Crippen molar-refractivity contribution in [2.45, 2.75) is 13.2 Å². The predicted octanol–water partition coefficient (Wildman–Crippen LogP) is 1.18. The van der Waals surface area contributed by atoms with Crippen LogP contribution in [0.2, 0.25) is 0 Å². The lowest BCUT2D eigenvalue weighted by Gasteiger charge is -2.04. The molecule has 1 aromatic carbocycles. The number of rotatable bonds is 6. The summed E-state index contributed by atoms with van der Waals surface area (Å²) >= 11 is 0. The molecule has 0 atom stereocenters. The van der Waals surface area contributed by atoms with Crippen LogP contribution in [0.15, 0.2) is 36.7 Å². The van der Waals surface area contributed by atoms with Crippen molar-refractivity contribution in [1.29, 1.82) is 0 Å². The van der Waals surface area contributed by atoms with Gasteiger partial charge in [0.1, 0.15) is 24.5 Å². The Morgan fingerprint density at radius 3 is 2.96 bits per heavy atom. The Bertz CT molecular complexity index is 786. The van der Waals surface area contributed by atoms with Crippen molar-refractivity contribution >= 4 is 5.91 Å². The molecule has 2 aromatic heterocycles. The van der Waals surface area contributed by atoms with Gasteiger partial charge in [0, 0.05) is 0 Å². The number of nitrogens with zero attached hydrogens (tertiary/aromatic N) is 3. The van der Waals surface area contributed by atoms with Crippen LogP contribution in [0.4, 0.5) is 4.39 Å². The molecule has 23 heavy (non-hydrogen) atoms. The van der Waals surface area contributed by atoms with Gasteiger partial charge < -0.3 is 10.1 Å². The number of halogens is 1. The van der Waals surface area contributed by atoms with Crippen molar-refractivity contribution in [2.24, 2.45) is 0 Å². The molecule has 0 fully saturated rings. The molecule has 0 saturated carbocycles. The topological polar surface area (TPSA) is 109 Å². The average molecular weight is 316 g/mol. The molecule has 9 heteroatoms. The second-order valence-electron chi connectivity index (χ2n) is 4.61. The highest BCUT2D eigenvalue weighted by Crippen LogP contribution is 2.16. The first-order chi connectivity index (χ1) is 11.2. The molecule has 0 saturated heterocycles. The van der Waals surface area contributed by atoms with Crippen molar-refractivity contribution in [3.8, 4) is 5.75 Å². The minimum atomic E-state index is -0.447. The summed E-state index contributed by atoms with van der Waals surface area (Å²) < 4.78 is 18.8. The summed E-state index contributed by atoms with van der Waals surface area (Å²) in [5.41, 5.74) is 0.759. The lowest BCUT2D eigenvalue weighted by molar-refractivity contribution is 0.0945. The zero-order valence-corrected chi connectivity index (χ0v) is 11.9. The van der Waals surface area contributed by atoms with Crippen molar-refractivity contribution in [1.82, 2.24) is 30.7 Å². The van der Waals surface area contributed by atoms with Crippen molar-refractivity contribution in [2.75, 3.05) is 0 Å². The van der Waals surface area contributed by atoms with E-state index < -0.39 is 5.82 Å². The van der Waals surface area contributed by atoms with Crippen LogP contribution in [0.5, 0.6) is 5.75 Å². The van der Waals surface area contributed by atoms with Gasteiger partial charge in [0.2, 0.25) is 0 Å². The lowest BCUT2D eigenvalue weighted by Crippen LogP contribution is -2.23. The molecule has 0 aliphatic rings. The third-order valence-corrected chi connectivity index (χ3v) is 2.96. The van der Waals surface area contributed by atoms with E-state index in [4.69, 9.17) is 4.74 Å². The molecule has 3 aromatic rings. The summed E-state index contributed by atoms with van der Waals surface area (Å²) in [5.74, 6) is -0.137. The molecule has 8 nitrogen and oxygen atoms in total. The molecular weight excluding hydrogens is 303 g/mol. The molecule has 1 amide bonds. The molecule has 0 spiro atoms. The highest BCUT2D eigenvalue weighted by atomic mass is 19.1. The number of para-hydroxylation sites is 1. The average Bonchev–Trinajstić information content (AvgIpc) is 3.23. The molecule has 3 N–H and O–H groups in total. The maximum absolute atomic E-state index is 13.4. The van der Waals surface area contributed by atoms with E-state index in [0.717, 1.165) is 0 Å². The van der Waals surface area contributed by atoms with E-state index >= 15 is 0 Å². The highest BCUT2D eigenvalue weighted by Gasteiger charge is 2.11. The van der Waals surface area contributed by atoms with Crippen LogP contribution in [0.3, 0.4) is 0 Å². The summed E-state index contributed by atoms with van der Waals surface area (Å²) in [7, 11) is 0. The van der Waals surface area contributed by atoms with E-state index in [1.807, 2.05) is 0 Å².